The molecule has 1 heterocycles. The molecule has 0 fully saturated rings. The molecule has 1 rings (SSSR count). The van der Waals surface area contributed by atoms with E-state index in [-0.39, 0.29) is 6.04 Å². The molecule has 1 aromatic heterocycles. The van der Waals surface area contributed by atoms with E-state index >= 15 is 0 Å². The Hall–Kier alpha value is -0.480. The fourth-order valence-electron chi connectivity index (χ4n) is 1.02. The van der Waals surface area contributed by atoms with Crippen LogP contribution in [0.5, 0.6) is 0 Å². The molecule has 1 aromatic rings. The Kier molecular flexibility index (Phi) is 4.48. The standard InChI is InChI=1S/C10H18N2OS/c1-4-9(11)5-14-6-10-12-7(2)8(3)13-10/h9H,4-6,11H2,1-3H3. The van der Waals surface area contributed by atoms with E-state index in [1.54, 1.807) is 11.8 Å². The van der Waals surface area contributed by atoms with Gasteiger partial charge >= 0.3 is 0 Å². The third-order valence-electron chi connectivity index (χ3n) is 2.15. The highest BCUT2D eigenvalue weighted by Gasteiger charge is 2.06. The zero-order chi connectivity index (χ0) is 10.6. The van der Waals surface area contributed by atoms with Crippen LogP contribution < -0.4 is 5.73 Å². The summed E-state index contributed by atoms with van der Waals surface area (Å²) in [6, 6.07) is 0.289. The van der Waals surface area contributed by atoms with Crippen molar-refractivity contribution in [3.8, 4) is 0 Å². The van der Waals surface area contributed by atoms with Crippen molar-refractivity contribution >= 4 is 11.8 Å². The number of aromatic nitrogens is 1. The van der Waals surface area contributed by atoms with Crippen molar-refractivity contribution in [1.82, 2.24) is 4.98 Å². The summed E-state index contributed by atoms with van der Waals surface area (Å²) in [5, 5.41) is 0. The van der Waals surface area contributed by atoms with E-state index < -0.39 is 0 Å². The molecule has 0 radical (unpaired) electrons. The second-order valence-electron chi connectivity index (χ2n) is 3.43. The summed E-state index contributed by atoms with van der Waals surface area (Å²) in [6.45, 7) is 6.00. The highest BCUT2D eigenvalue weighted by atomic mass is 32.2. The van der Waals surface area contributed by atoms with Gasteiger partial charge < -0.3 is 10.2 Å². The number of hydrogen-bond acceptors (Lipinski definition) is 4. The fourth-order valence-corrected chi connectivity index (χ4v) is 1.97. The monoisotopic (exact) mass is 214 g/mol. The molecule has 4 heteroatoms. The van der Waals surface area contributed by atoms with E-state index in [1.807, 2.05) is 13.8 Å². The molecule has 2 N–H and O–H groups in total. The van der Waals surface area contributed by atoms with E-state index in [0.29, 0.717) is 0 Å². The number of hydrogen-bond donors (Lipinski definition) is 1. The Morgan fingerprint density at radius 2 is 2.21 bits per heavy atom. The minimum atomic E-state index is 0.289. The van der Waals surface area contributed by atoms with Gasteiger partial charge in [0.1, 0.15) is 5.76 Å². The first-order valence-electron chi connectivity index (χ1n) is 4.89. The van der Waals surface area contributed by atoms with Gasteiger partial charge in [0, 0.05) is 11.8 Å². The molecule has 1 atom stereocenters. The molecule has 0 aliphatic rings. The van der Waals surface area contributed by atoms with E-state index in [1.165, 1.54) is 0 Å². The zero-order valence-electron chi connectivity index (χ0n) is 9.04. The second kappa shape index (κ2) is 5.41. The van der Waals surface area contributed by atoms with Crippen molar-refractivity contribution in [3.05, 3.63) is 17.3 Å². The van der Waals surface area contributed by atoms with Crippen LogP contribution in [0.2, 0.25) is 0 Å². The maximum absolute atomic E-state index is 5.80. The topological polar surface area (TPSA) is 52.0 Å². The minimum absolute atomic E-state index is 0.289. The molecule has 0 spiro atoms. The Bertz CT molecular complexity index is 266. The predicted molar refractivity (Wildman–Crippen MR) is 60.4 cm³/mol. The van der Waals surface area contributed by atoms with Gasteiger partial charge in [-0.1, -0.05) is 6.92 Å². The summed E-state index contributed by atoms with van der Waals surface area (Å²) in [7, 11) is 0. The fraction of sp³-hybridized carbons (Fsp3) is 0.700. The van der Waals surface area contributed by atoms with Gasteiger partial charge in [0.25, 0.3) is 0 Å². The summed E-state index contributed by atoms with van der Waals surface area (Å²) in [5.41, 5.74) is 6.79. The smallest absolute Gasteiger partial charge is 0.204 e. The van der Waals surface area contributed by atoms with Crippen LogP contribution in [-0.4, -0.2) is 16.8 Å². The van der Waals surface area contributed by atoms with Crippen LogP contribution in [0.15, 0.2) is 4.42 Å². The lowest BCUT2D eigenvalue weighted by molar-refractivity contribution is 0.489. The lowest BCUT2D eigenvalue weighted by Gasteiger charge is -2.05. The molecule has 1 unspecified atom stereocenters. The molecule has 3 nitrogen and oxygen atoms in total. The molecule has 80 valence electrons. The molecule has 0 aromatic carbocycles. The lowest BCUT2D eigenvalue weighted by Crippen LogP contribution is -2.21. The van der Waals surface area contributed by atoms with E-state index in [4.69, 9.17) is 10.2 Å². The summed E-state index contributed by atoms with van der Waals surface area (Å²) in [5.74, 6) is 3.52. The van der Waals surface area contributed by atoms with Gasteiger partial charge in [-0.25, -0.2) is 4.98 Å². The molecule has 0 saturated carbocycles. The number of oxazole rings is 1. The van der Waals surface area contributed by atoms with Gasteiger partial charge in [-0.15, -0.1) is 0 Å². The quantitative estimate of drug-likeness (QED) is 0.817. The van der Waals surface area contributed by atoms with Crippen LogP contribution in [0.25, 0.3) is 0 Å². The second-order valence-corrected chi connectivity index (χ2v) is 4.46. The van der Waals surface area contributed by atoms with E-state index in [0.717, 1.165) is 35.3 Å². The first-order chi connectivity index (χ1) is 6.63. The summed E-state index contributed by atoms with van der Waals surface area (Å²) in [6.07, 6.45) is 1.02. The zero-order valence-corrected chi connectivity index (χ0v) is 9.86. The molecule has 0 amide bonds. The Labute approximate surface area is 89.5 Å². The third kappa shape index (κ3) is 3.35. The largest absolute Gasteiger partial charge is 0.445 e. The number of nitrogens with zero attached hydrogens (tertiary/aromatic N) is 1. The van der Waals surface area contributed by atoms with Crippen molar-refractivity contribution in [1.29, 1.82) is 0 Å². The highest BCUT2D eigenvalue weighted by Crippen LogP contribution is 2.15. The van der Waals surface area contributed by atoms with Gasteiger partial charge in [-0.2, -0.15) is 11.8 Å². The van der Waals surface area contributed by atoms with Crippen LogP contribution in [-0.2, 0) is 5.75 Å². The number of rotatable bonds is 5. The van der Waals surface area contributed by atoms with E-state index in [2.05, 4.69) is 11.9 Å². The molecule has 14 heavy (non-hydrogen) atoms. The first kappa shape index (κ1) is 11.6. The van der Waals surface area contributed by atoms with Crippen molar-refractivity contribution in [2.24, 2.45) is 5.73 Å². The summed E-state index contributed by atoms with van der Waals surface area (Å²) in [4.78, 5) is 4.30. The maximum Gasteiger partial charge on any atom is 0.204 e. The molecular formula is C10H18N2OS. The van der Waals surface area contributed by atoms with Gasteiger partial charge in [-0.3, -0.25) is 0 Å². The summed E-state index contributed by atoms with van der Waals surface area (Å²) < 4.78 is 5.46. The molecule has 0 aliphatic heterocycles. The Morgan fingerprint density at radius 3 is 2.71 bits per heavy atom. The van der Waals surface area contributed by atoms with Crippen molar-refractivity contribution in [2.75, 3.05) is 5.75 Å². The van der Waals surface area contributed by atoms with Crippen LogP contribution >= 0.6 is 11.8 Å². The van der Waals surface area contributed by atoms with Crippen LogP contribution in [0.1, 0.15) is 30.7 Å². The summed E-state index contributed by atoms with van der Waals surface area (Å²) >= 11 is 1.78. The predicted octanol–water partition coefficient (Wildman–Crippen LogP) is 2.26. The highest BCUT2D eigenvalue weighted by molar-refractivity contribution is 7.98. The van der Waals surface area contributed by atoms with Crippen molar-refractivity contribution < 1.29 is 4.42 Å². The van der Waals surface area contributed by atoms with Gasteiger partial charge in [0.15, 0.2) is 0 Å². The number of thioether (sulfide) groups is 1. The SMILES string of the molecule is CCC(N)CSCc1nc(C)c(C)o1. The van der Waals surface area contributed by atoms with Gasteiger partial charge in [-0.05, 0) is 20.3 Å². The average Bonchev–Trinajstić information content (AvgIpc) is 2.46. The molecular weight excluding hydrogens is 196 g/mol. The minimum Gasteiger partial charge on any atom is -0.445 e. The molecule has 0 aliphatic carbocycles. The Balaban J connectivity index is 2.31. The molecule has 0 saturated heterocycles. The van der Waals surface area contributed by atoms with Crippen LogP contribution in [0, 0.1) is 13.8 Å². The lowest BCUT2D eigenvalue weighted by atomic mass is 10.3. The maximum atomic E-state index is 5.80. The number of nitrogens with two attached hydrogens (primary N) is 1. The average molecular weight is 214 g/mol. The van der Waals surface area contributed by atoms with Crippen LogP contribution in [0.4, 0.5) is 0 Å². The first-order valence-corrected chi connectivity index (χ1v) is 6.05. The van der Waals surface area contributed by atoms with Crippen LogP contribution in [0.3, 0.4) is 0 Å². The van der Waals surface area contributed by atoms with Gasteiger partial charge in [0.05, 0.1) is 11.4 Å². The van der Waals surface area contributed by atoms with Crippen molar-refractivity contribution in [3.63, 3.8) is 0 Å². The Morgan fingerprint density at radius 1 is 1.50 bits per heavy atom. The third-order valence-corrected chi connectivity index (χ3v) is 3.27. The number of aryl methyl sites for hydroxylation is 2. The van der Waals surface area contributed by atoms with Crippen molar-refractivity contribution in [2.45, 2.75) is 39.0 Å². The molecule has 0 bridgehead atoms. The normalized spacial score (nSPS) is 13.1. The van der Waals surface area contributed by atoms with Gasteiger partial charge in [0.2, 0.25) is 5.89 Å². The van der Waals surface area contributed by atoms with E-state index in [9.17, 15) is 0 Å².